The van der Waals surface area contributed by atoms with Crippen molar-refractivity contribution in [1.82, 2.24) is 9.97 Å². The van der Waals surface area contributed by atoms with Crippen LogP contribution in [0.2, 0.25) is 5.02 Å². The van der Waals surface area contributed by atoms with Gasteiger partial charge in [0.05, 0.1) is 26.9 Å². The lowest BCUT2D eigenvalue weighted by atomic mass is 9.99. The molecule has 0 saturated heterocycles. The number of anilines is 1. The number of benzene rings is 2. The molecule has 1 aromatic heterocycles. The molecule has 3 rings (SSSR count). The highest BCUT2D eigenvalue weighted by atomic mass is 35.5. The van der Waals surface area contributed by atoms with Crippen LogP contribution in [0, 0.1) is 20.2 Å². The van der Waals surface area contributed by atoms with Gasteiger partial charge in [-0.1, -0.05) is 11.6 Å². The number of aromatic amines is 1. The number of non-ortho nitro benzene ring substituents is 1. The number of aliphatic carboxylic acids is 1. The average Bonchev–Trinajstić information content (AvgIpc) is 2.73. The maximum absolute atomic E-state index is 12.6. The Morgan fingerprint density at radius 2 is 1.79 bits per heavy atom. The summed E-state index contributed by atoms with van der Waals surface area (Å²) in [4.78, 5) is 75.3. The topological polar surface area (TPSA) is 215 Å². The first-order valence-electron chi connectivity index (χ1n) is 8.70. The quantitative estimate of drug-likeness (QED) is 0.194. The van der Waals surface area contributed by atoms with Crippen LogP contribution < -0.4 is 10.9 Å². The summed E-state index contributed by atoms with van der Waals surface area (Å²) in [6.45, 7) is 0. The number of nitro groups is 2. The van der Waals surface area contributed by atoms with Crippen molar-refractivity contribution in [3.8, 4) is 0 Å². The second kappa shape index (κ2) is 8.80. The zero-order valence-electron chi connectivity index (χ0n) is 16.0. The molecular weight excluding hydrogens is 466 g/mol. The first-order valence-corrected chi connectivity index (χ1v) is 9.07. The molecule has 14 nitrogen and oxygen atoms in total. The Morgan fingerprint density at radius 1 is 1.09 bits per heavy atom. The Balaban J connectivity index is 1.99. The summed E-state index contributed by atoms with van der Waals surface area (Å²) >= 11 is 5.82. The Bertz CT molecular complexity index is 1420. The van der Waals surface area contributed by atoms with Crippen LogP contribution in [0.3, 0.4) is 0 Å². The number of carboxylic acids is 1. The second-order valence-corrected chi connectivity index (χ2v) is 6.85. The van der Waals surface area contributed by atoms with Gasteiger partial charge >= 0.3 is 5.97 Å². The highest BCUT2D eigenvalue weighted by molar-refractivity contribution is 6.45. The van der Waals surface area contributed by atoms with Crippen molar-refractivity contribution < 1.29 is 29.3 Å². The number of carbonyl (C=O) groups is 3. The molecule has 3 aromatic rings. The molecule has 3 N–H and O–H groups in total. The molecule has 0 aliphatic heterocycles. The summed E-state index contributed by atoms with van der Waals surface area (Å²) in [6.07, 6.45) is 0. The summed E-state index contributed by atoms with van der Waals surface area (Å²) in [7, 11) is 0. The maximum atomic E-state index is 12.6. The van der Waals surface area contributed by atoms with E-state index in [4.69, 9.17) is 11.6 Å². The van der Waals surface area contributed by atoms with Crippen LogP contribution in [0.15, 0.2) is 41.2 Å². The highest BCUT2D eigenvalue weighted by Crippen LogP contribution is 2.29. The van der Waals surface area contributed by atoms with E-state index in [-0.39, 0.29) is 16.1 Å². The van der Waals surface area contributed by atoms with Crippen molar-refractivity contribution in [1.29, 1.82) is 0 Å². The molecule has 0 aliphatic rings. The number of nitrogens with one attached hydrogen (secondary N) is 2. The zero-order chi connectivity index (χ0) is 24.4. The largest absolute Gasteiger partial charge is 0.480 e. The second-order valence-electron chi connectivity index (χ2n) is 6.42. The Hall–Kier alpha value is -4.72. The number of hydrogen-bond acceptors (Lipinski definition) is 9. The minimum absolute atomic E-state index is 0.0828. The minimum atomic E-state index is -2.34. The van der Waals surface area contributed by atoms with Crippen LogP contribution in [-0.4, -0.2) is 42.6 Å². The van der Waals surface area contributed by atoms with E-state index < -0.39 is 61.7 Å². The number of nitrogens with zero attached hydrogens (tertiary/aromatic N) is 3. The third-order valence-corrected chi connectivity index (χ3v) is 4.56. The average molecular weight is 476 g/mol. The maximum Gasteiger partial charge on any atom is 0.321 e. The van der Waals surface area contributed by atoms with Crippen molar-refractivity contribution >= 4 is 57.4 Å². The van der Waals surface area contributed by atoms with E-state index in [1.54, 1.807) is 0 Å². The molecule has 0 fully saturated rings. The van der Waals surface area contributed by atoms with E-state index in [0.29, 0.717) is 6.07 Å². The number of H-pyrrole nitrogens is 1. The van der Waals surface area contributed by atoms with Crippen LogP contribution in [0.1, 0.15) is 11.6 Å². The van der Waals surface area contributed by atoms with Gasteiger partial charge in [0.25, 0.3) is 22.8 Å². The lowest BCUT2D eigenvalue weighted by Gasteiger charge is -2.11. The molecule has 1 heterocycles. The summed E-state index contributed by atoms with van der Waals surface area (Å²) < 4.78 is 0. The minimum Gasteiger partial charge on any atom is -0.480 e. The van der Waals surface area contributed by atoms with Gasteiger partial charge in [-0.15, -0.1) is 0 Å². The third-order valence-electron chi connectivity index (χ3n) is 4.32. The van der Waals surface area contributed by atoms with Crippen molar-refractivity contribution in [2.45, 2.75) is 5.92 Å². The van der Waals surface area contributed by atoms with Gasteiger partial charge in [-0.2, -0.15) is 0 Å². The number of hydrogen-bond donors (Lipinski definition) is 3. The van der Waals surface area contributed by atoms with Crippen LogP contribution in [0.5, 0.6) is 0 Å². The number of fused-ring (bicyclic) bond motifs is 1. The summed E-state index contributed by atoms with van der Waals surface area (Å²) in [5.74, 6) is -7.48. The number of halogens is 1. The molecule has 15 heteroatoms. The molecule has 0 radical (unpaired) electrons. The SMILES string of the molecule is O=C(Nc1ccc([N+](=O)[O-])cc1[N+](=O)[O-])C(=O)C(C(=O)O)c1nc2ccc(Cl)cc2[nH]c1=O. The smallest absolute Gasteiger partial charge is 0.321 e. The van der Waals surface area contributed by atoms with Gasteiger partial charge < -0.3 is 15.4 Å². The third kappa shape index (κ3) is 4.64. The fraction of sp³-hybridized carbons (Fsp3) is 0.0556. The molecule has 1 unspecified atom stereocenters. The molecule has 0 aliphatic carbocycles. The summed E-state index contributed by atoms with van der Waals surface area (Å²) in [5.41, 5.74) is -3.78. The standard InChI is InChI=1S/C18H10ClN5O9/c19-7-1-3-9-11(5-7)22-16(26)14(20-9)13(18(28)29)15(25)17(27)21-10-4-2-8(23(30)31)6-12(10)24(32)33/h1-6,13H,(H,21,27)(H,22,26)(H,28,29). The number of rotatable bonds is 7. The number of ketones is 1. The van der Waals surface area contributed by atoms with Crippen LogP contribution in [0.25, 0.3) is 11.0 Å². The van der Waals surface area contributed by atoms with Gasteiger partial charge in [0, 0.05) is 11.1 Å². The number of carboxylic acid groups (broad SMARTS) is 1. The highest BCUT2D eigenvalue weighted by Gasteiger charge is 2.37. The predicted molar refractivity (Wildman–Crippen MR) is 111 cm³/mol. The molecule has 0 saturated carbocycles. The summed E-state index contributed by atoms with van der Waals surface area (Å²) in [6, 6.07) is 6.28. The molecule has 1 amide bonds. The first-order chi connectivity index (χ1) is 15.5. The Morgan fingerprint density at radius 3 is 2.39 bits per heavy atom. The number of aromatic nitrogens is 2. The van der Waals surface area contributed by atoms with Crippen molar-refractivity contribution in [2.24, 2.45) is 0 Å². The fourth-order valence-corrected chi connectivity index (χ4v) is 3.00. The van der Waals surface area contributed by atoms with Crippen molar-refractivity contribution in [3.05, 3.63) is 77.7 Å². The monoisotopic (exact) mass is 475 g/mol. The number of carbonyl (C=O) groups excluding carboxylic acids is 2. The van der Waals surface area contributed by atoms with E-state index in [1.807, 2.05) is 5.32 Å². The van der Waals surface area contributed by atoms with Gasteiger partial charge in [-0.3, -0.25) is 39.4 Å². The zero-order valence-corrected chi connectivity index (χ0v) is 16.7. The van der Waals surface area contributed by atoms with Crippen LogP contribution in [0.4, 0.5) is 17.1 Å². The lowest BCUT2D eigenvalue weighted by molar-refractivity contribution is -0.393. The molecular formula is C18H10ClN5O9. The number of nitro benzene ring substituents is 2. The van der Waals surface area contributed by atoms with Crippen LogP contribution in [-0.2, 0) is 14.4 Å². The van der Waals surface area contributed by atoms with Gasteiger partial charge in [0.1, 0.15) is 11.4 Å². The van der Waals surface area contributed by atoms with E-state index in [9.17, 15) is 44.5 Å². The van der Waals surface area contributed by atoms with E-state index >= 15 is 0 Å². The van der Waals surface area contributed by atoms with Gasteiger partial charge in [-0.25, -0.2) is 4.98 Å². The predicted octanol–water partition coefficient (Wildman–Crippen LogP) is 1.77. The normalized spacial score (nSPS) is 11.5. The molecule has 2 aromatic carbocycles. The first kappa shape index (κ1) is 23.0. The van der Waals surface area contributed by atoms with E-state index in [0.717, 1.165) is 12.1 Å². The lowest BCUT2D eigenvalue weighted by Crippen LogP contribution is -2.36. The van der Waals surface area contributed by atoms with E-state index in [1.165, 1.54) is 18.2 Å². The van der Waals surface area contributed by atoms with Crippen molar-refractivity contribution in [2.75, 3.05) is 5.32 Å². The van der Waals surface area contributed by atoms with Gasteiger partial charge in [0.15, 0.2) is 5.92 Å². The van der Waals surface area contributed by atoms with Crippen molar-refractivity contribution in [3.63, 3.8) is 0 Å². The molecule has 0 spiro atoms. The van der Waals surface area contributed by atoms with Gasteiger partial charge in [-0.05, 0) is 24.3 Å². The molecule has 1 atom stereocenters. The Labute approximate surface area is 186 Å². The van der Waals surface area contributed by atoms with E-state index in [2.05, 4.69) is 9.97 Å². The number of Topliss-reactive ketones (excluding diaryl/α,β-unsaturated/α-hetero) is 1. The summed E-state index contributed by atoms with van der Waals surface area (Å²) in [5, 5.41) is 33.6. The number of amides is 1. The fourth-order valence-electron chi connectivity index (χ4n) is 2.83. The van der Waals surface area contributed by atoms with Gasteiger partial charge in [0.2, 0.25) is 5.78 Å². The molecule has 0 bridgehead atoms. The molecule has 168 valence electrons. The molecule has 33 heavy (non-hydrogen) atoms. The van der Waals surface area contributed by atoms with Crippen LogP contribution >= 0.6 is 11.6 Å². The Kier molecular flexibility index (Phi) is 6.12.